The second-order valence-electron chi connectivity index (χ2n) is 8.52. The Morgan fingerprint density at radius 2 is 1.65 bits per heavy atom. The van der Waals surface area contributed by atoms with E-state index in [9.17, 15) is 13.2 Å². The highest BCUT2D eigenvalue weighted by atomic mass is 32.2. The number of hydrogen-bond donors (Lipinski definition) is 2. The highest BCUT2D eigenvalue weighted by Crippen LogP contribution is 2.40. The molecule has 0 aliphatic carbocycles. The van der Waals surface area contributed by atoms with Crippen LogP contribution in [-0.4, -0.2) is 38.3 Å². The molecule has 1 fully saturated rings. The zero-order valence-electron chi connectivity index (χ0n) is 18.8. The lowest BCUT2D eigenvalue weighted by Crippen LogP contribution is -2.36. The van der Waals surface area contributed by atoms with Crippen LogP contribution in [0.25, 0.3) is 0 Å². The molecule has 5 rings (SSSR count). The fourth-order valence-corrected chi connectivity index (χ4v) is 6.06. The van der Waals surface area contributed by atoms with Gasteiger partial charge in [-0.15, -0.1) is 0 Å². The molecule has 1 saturated heterocycles. The van der Waals surface area contributed by atoms with Gasteiger partial charge in [-0.2, -0.15) is 4.31 Å². The van der Waals surface area contributed by atoms with Gasteiger partial charge >= 0.3 is 0 Å². The Bertz CT molecular complexity index is 1300. The number of para-hydroxylation sites is 2. The van der Waals surface area contributed by atoms with E-state index in [2.05, 4.69) is 10.6 Å². The van der Waals surface area contributed by atoms with Crippen LogP contribution in [0, 0.1) is 0 Å². The zero-order chi connectivity index (χ0) is 23.5. The van der Waals surface area contributed by atoms with Gasteiger partial charge in [0.1, 0.15) is 10.6 Å². The number of nitrogens with zero attached hydrogens (tertiary/aromatic N) is 1. The number of amides is 1. The van der Waals surface area contributed by atoms with Crippen molar-refractivity contribution in [1.29, 1.82) is 0 Å². The third kappa shape index (κ3) is 4.51. The van der Waals surface area contributed by atoms with E-state index in [1.807, 2.05) is 36.4 Å². The topological polar surface area (TPSA) is 87.7 Å². The largest absolute Gasteiger partial charge is 0.454 e. The van der Waals surface area contributed by atoms with E-state index >= 15 is 0 Å². The molecular weight excluding hydrogens is 450 g/mol. The van der Waals surface area contributed by atoms with Crippen LogP contribution in [0.15, 0.2) is 71.6 Å². The van der Waals surface area contributed by atoms with Gasteiger partial charge in [0, 0.05) is 25.7 Å². The highest BCUT2D eigenvalue weighted by Gasteiger charge is 2.32. The van der Waals surface area contributed by atoms with Crippen LogP contribution in [0.1, 0.15) is 35.2 Å². The van der Waals surface area contributed by atoms with Crippen molar-refractivity contribution < 1.29 is 17.9 Å². The SMILES string of the molecule is O=C1Nc2ccccc2Oc2cc(NCCc3ccccc3)c(S(=O)(=O)N3CCCCC3)cc21. The third-order valence-corrected chi connectivity index (χ3v) is 8.12. The first-order chi connectivity index (χ1) is 16.5. The standard InChI is InChI=1S/C26H27N3O4S/c30-26-20-17-25(34(31,32)29-15-7-2-8-16-29)22(27-14-13-19-9-3-1-4-10-19)18-24(20)33-23-12-6-5-11-21(23)28-26/h1,3-6,9-12,17-18,27H,2,7-8,13-16H2,(H,28,30). The summed E-state index contributed by atoms with van der Waals surface area (Å²) >= 11 is 0. The Labute approximate surface area is 199 Å². The van der Waals surface area contributed by atoms with Gasteiger partial charge in [0.15, 0.2) is 5.75 Å². The van der Waals surface area contributed by atoms with Crippen LogP contribution < -0.4 is 15.4 Å². The Balaban J connectivity index is 1.53. The normalized spacial score (nSPS) is 15.9. The maximum absolute atomic E-state index is 13.7. The van der Waals surface area contributed by atoms with Gasteiger partial charge in [-0.25, -0.2) is 8.42 Å². The number of ether oxygens (including phenoxy) is 1. The number of benzene rings is 3. The van der Waals surface area contributed by atoms with E-state index in [4.69, 9.17) is 4.74 Å². The monoisotopic (exact) mass is 477 g/mol. The molecule has 2 heterocycles. The van der Waals surface area contributed by atoms with Gasteiger partial charge in [-0.1, -0.05) is 48.9 Å². The van der Waals surface area contributed by atoms with Crippen molar-refractivity contribution in [2.75, 3.05) is 30.3 Å². The summed E-state index contributed by atoms with van der Waals surface area (Å²) in [7, 11) is -3.79. The minimum absolute atomic E-state index is 0.103. The number of rotatable bonds is 6. The lowest BCUT2D eigenvalue weighted by Gasteiger charge is -2.27. The molecule has 0 saturated carbocycles. The molecule has 0 aromatic heterocycles. The highest BCUT2D eigenvalue weighted by molar-refractivity contribution is 7.89. The number of carbonyl (C=O) groups is 1. The summed E-state index contributed by atoms with van der Waals surface area (Å²) in [6.07, 6.45) is 3.41. The molecule has 7 nitrogen and oxygen atoms in total. The second-order valence-corrected chi connectivity index (χ2v) is 10.4. The molecule has 2 aliphatic heterocycles. The van der Waals surface area contributed by atoms with E-state index in [1.54, 1.807) is 24.3 Å². The van der Waals surface area contributed by atoms with Crippen LogP contribution in [0.2, 0.25) is 0 Å². The minimum atomic E-state index is -3.79. The predicted octanol–water partition coefficient (Wildman–Crippen LogP) is 4.87. The van der Waals surface area contributed by atoms with Gasteiger partial charge in [0.05, 0.1) is 16.9 Å². The lowest BCUT2D eigenvalue weighted by atomic mass is 10.1. The fourth-order valence-electron chi connectivity index (χ4n) is 4.37. The van der Waals surface area contributed by atoms with Crippen molar-refractivity contribution in [3.05, 3.63) is 77.9 Å². The summed E-state index contributed by atoms with van der Waals surface area (Å²) in [6.45, 7) is 1.50. The first-order valence-electron chi connectivity index (χ1n) is 11.6. The summed E-state index contributed by atoms with van der Waals surface area (Å²) < 4.78 is 34.9. The molecule has 0 spiro atoms. The number of anilines is 2. The Kier molecular flexibility index (Phi) is 6.26. The van der Waals surface area contributed by atoms with E-state index in [0.717, 1.165) is 31.2 Å². The van der Waals surface area contributed by atoms with Crippen LogP contribution in [0.3, 0.4) is 0 Å². The van der Waals surface area contributed by atoms with E-state index in [1.165, 1.54) is 10.4 Å². The Morgan fingerprint density at radius 3 is 2.44 bits per heavy atom. The zero-order valence-corrected chi connectivity index (χ0v) is 19.6. The Hall–Kier alpha value is -3.36. The number of fused-ring (bicyclic) bond motifs is 2. The fraction of sp³-hybridized carbons (Fsp3) is 0.269. The average Bonchev–Trinajstić information content (AvgIpc) is 3.00. The number of carbonyl (C=O) groups excluding carboxylic acids is 1. The molecule has 1 amide bonds. The molecule has 34 heavy (non-hydrogen) atoms. The maximum atomic E-state index is 13.7. The first kappa shape index (κ1) is 22.4. The van der Waals surface area contributed by atoms with E-state index < -0.39 is 15.9 Å². The van der Waals surface area contributed by atoms with Crippen molar-refractivity contribution in [3.63, 3.8) is 0 Å². The number of hydrogen-bond acceptors (Lipinski definition) is 5. The molecular formula is C26H27N3O4S. The van der Waals surface area contributed by atoms with Gasteiger partial charge in [-0.05, 0) is 43.0 Å². The average molecular weight is 478 g/mol. The summed E-state index contributed by atoms with van der Waals surface area (Å²) in [4.78, 5) is 13.1. The van der Waals surface area contributed by atoms with E-state index in [0.29, 0.717) is 42.5 Å². The van der Waals surface area contributed by atoms with Crippen molar-refractivity contribution >= 4 is 27.3 Å². The summed E-state index contributed by atoms with van der Waals surface area (Å²) in [5, 5.41) is 6.13. The Morgan fingerprint density at radius 1 is 0.912 bits per heavy atom. The van der Waals surface area contributed by atoms with Gasteiger partial charge in [0.25, 0.3) is 5.91 Å². The summed E-state index contributed by atoms with van der Waals surface area (Å²) in [5.74, 6) is 0.435. The molecule has 2 N–H and O–H groups in total. The molecule has 0 atom stereocenters. The van der Waals surface area contributed by atoms with Crippen LogP contribution in [0.4, 0.5) is 11.4 Å². The molecule has 0 unspecified atom stereocenters. The van der Waals surface area contributed by atoms with Crippen molar-refractivity contribution in [3.8, 4) is 11.5 Å². The minimum Gasteiger partial charge on any atom is -0.454 e. The molecule has 3 aromatic rings. The van der Waals surface area contributed by atoms with Gasteiger partial charge in [0.2, 0.25) is 10.0 Å². The van der Waals surface area contributed by atoms with Gasteiger partial charge in [-0.3, -0.25) is 4.79 Å². The predicted molar refractivity (Wildman–Crippen MR) is 132 cm³/mol. The summed E-state index contributed by atoms with van der Waals surface area (Å²) in [6, 6.07) is 20.2. The van der Waals surface area contributed by atoms with Gasteiger partial charge < -0.3 is 15.4 Å². The molecule has 3 aromatic carbocycles. The van der Waals surface area contributed by atoms with Crippen molar-refractivity contribution in [2.24, 2.45) is 0 Å². The molecule has 8 heteroatoms. The van der Waals surface area contributed by atoms with E-state index in [-0.39, 0.29) is 10.5 Å². The third-order valence-electron chi connectivity index (χ3n) is 6.19. The number of piperidine rings is 1. The second kappa shape index (κ2) is 9.48. The van der Waals surface area contributed by atoms with Crippen molar-refractivity contribution in [2.45, 2.75) is 30.6 Å². The quantitative estimate of drug-likeness (QED) is 0.529. The van der Waals surface area contributed by atoms with Crippen LogP contribution >= 0.6 is 0 Å². The smallest absolute Gasteiger partial charge is 0.259 e. The molecule has 2 aliphatic rings. The van der Waals surface area contributed by atoms with Crippen molar-refractivity contribution in [1.82, 2.24) is 4.31 Å². The summed E-state index contributed by atoms with van der Waals surface area (Å²) in [5.41, 5.74) is 2.32. The van der Waals surface area contributed by atoms with Crippen LogP contribution in [0.5, 0.6) is 11.5 Å². The van der Waals surface area contributed by atoms with Crippen LogP contribution in [-0.2, 0) is 16.4 Å². The molecule has 176 valence electrons. The number of sulfonamides is 1. The maximum Gasteiger partial charge on any atom is 0.259 e. The lowest BCUT2D eigenvalue weighted by molar-refractivity contribution is 0.102. The number of nitrogens with one attached hydrogen (secondary N) is 2. The molecule has 0 radical (unpaired) electrons. The first-order valence-corrected chi connectivity index (χ1v) is 13.0. The molecule has 0 bridgehead atoms.